The number of hydrogen-bond acceptors (Lipinski definition) is 4. The van der Waals surface area contributed by atoms with Crippen molar-refractivity contribution in [2.75, 3.05) is 11.1 Å². The third-order valence-electron chi connectivity index (χ3n) is 2.49. The van der Waals surface area contributed by atoms with Gasteiger partial charge in [0, 0.05) is 5.02 Å². The van der Waals surface area contributed by atoms with Crippen LogP contribution >= 0.6 is 23.2 Å². The molecule has 0 aliphatic carbocycles. The van der Waals surface area contributed by atoms with Gasteiger partial charge in [-0.1, -0.05) is 23.7 Å². The Morgan fingerprint density at radius 3 is 2.83 bits per heavy atom. The highest BCUT2D eigenvalue weighted by atomic mass is 35.5. The summed E-state index contributed by atoms with van der Waals surface area (Å²) in [6.45, 7) is 1.99. The maximum absolute atomic E-state index is 5.95. The molecule has 1 atom stereocenters. The Kier molecular flexibility index (Phi) is 3.89. The maximum atomic E-state index is 5.95. The lowest BCUT2D eigenvalue weighted by atomic mass is 10.1. The van der Waals surface area contributed by atoms with Gasteiger partial charge >= 0.3 is 0 Å². The third-order valence-corrected chi connectivity index (χ3v) is 2.91. The summed E-state index contributed by atoms with van der Waals surface area (Å²) in [4.78, 5) is 7.85. The van der Waals surface area contributed by atoms with Crippen LogP contribution in [0.15, 0.2) is 30.5 Å². The van der Waals surface area contributed by atoms with E-state index in [1.54, 1.807) is 0 Å². The second-order valence-corrected chi connectivity index (χ2v) is 4.64. The zero-order valence-corrected chi connectivity index (χ0v) is 11.2. The molecule has 1 unspecified atom stereocenters. The Balaban J connectivity index is 2.21. The van der Waals surface area contributed by atoms with Crippen molar-refractivity contribution in [2.24, 2.45) is 0 Å². The van der Waals surface area contributed by atoms with Crippen LogP contribution in [0.4, 0.5) is 11.5 Å². The average Bonchev–Trinajstić information content (AvgIpc) is 2.34. The molecule has 0 aliphatic rings. The molecule has 0 spiro atoms. The van der Waals surface area contributed by atoms with E-state index in [2.05, 4.69) is 15.3 Å². The first-order chi connectivity index (χ1) is 8.56. The maximum Gasteiger partial charge on any atom is 0.224 e. The number of nitrogen functional groups attached to an aromatic ring is 1. The standard InChI is InChI=1S/C12H12Cl2N4/c1-7(8-3-2-4-9(13)5-8)17-11-10(15)6-16-12(14)18-11/h2-7H,15H2,1H3,(H,16,17,18). The summed E-state index contributed by atoms with van der Waals surface area (Å²) in [5.41, 5.74) is 7.26. The molecule has 0 radical (unpaired) electrons. The van der Waals surface area contributed by atoms with Gasteiger partial charge in [-0.15, -0.1) is 0 Å². The molecule has 2 aromatic rings. The number of rotatable bonds is 3. The van der Waals surface area contributed by atoms with Crippen molar-refractivity contribution in [3.8, 4) is 0 Å². The molecule has 4 nitrogen and oxygen atoms in total. The van der Waals surface area contributed by atoms with E-state index < -0.39 is 0 Å². The van der Waals surface area contributed by atoms with Gasteiger partial charge in [0.2, 0.25) is 5.28 Å². The summed E-state index contributed by atoms with van der Waals surface area (Å²) in [5, 5.41) is 4.02. The second kappa shape index (κ2) is 5.42. The van der Waals surface area contributed by atoms with Crippen molar-refractivity contribution >= 4 is 34.7 Å². The van der Waals surface area contributed by atoms with Crippen molar-refractivity contribution in [3.63, 3.8) is 0 Å². The topological polar surface area (TPSA) is 63.8 Å². The molecule has 18 heavy (non-hydrogen) atoms. The zero-order valence-electron chi connectivity index (χ0n) is 9.69. The van der Waals surface area contributed by atoms with Crippen molar-refractivity contribution in [2.45, 2.75) is 13.0 Å². The number of nitrogens with zero attached hydrogens (tertiary/aromatic N) is 2. The Bertz CT molecular complexity index is 560. The normalized spacial score (nSPS) is 12.2. The van der Waals surface area contributed by atoms with Gasteiger partial charge in [-0.25, -0.2) is 4.98 Å². The number of hydrogen-bond donors (Lipinski definition) is 2. The van der Waals surface area contributed by atoms with E-state index >= 15 is 0 Å². The lowest BCUT2D eigenvalue weighted by Gasteiger charge is -2.16. The van der Waals surface area contributed by atoms with Gasteiger partial charge in [0.25, 0.3) is 0 Å². The van der Waals surface area contributed by atoms with Gasteiger partial charge in [-0.2, -0.15) is 4.98 Å². The molecule has 6 heteroatoms. The summed E-state index contributed by atoms with van der Waals surface area (Å²) in [6.07, 6.45) is 1.47. The van der Waals surface area contributed by atoms with E-state index in [4.69, 9.17) is 28.9 Å². The van der Waals surface area contributed by atoms with E-state index in [0.29, 0.717) is 16.5 Å². The predicted octanol–water partition coefficient (Wildman–Crippen LogP) is 3.54. The second-order valence-electron chi connectivity index (χ2n) is 3.86. The SMILES string of the molecule is CC(Nc1nc(Cl)ncc1N)c1cccc(Cl)c1. The van der Waals surface area contributed by atoms with Gasteiger partial charge < -0.3 is 11.1 Å². The van der Waals surface area contributed by atoms with Crippen molar-refractivity contribution < 1.29 is 0 Å². The highest BCUT2D eigenvalue weighted by molar-refractivity contribution is 6.30. The first-order valence-electron chi connectivity index (χ1n) is 5.36. The van der Waals surface area contributed by atoms with Crippen LogP contribution in [-0.2, 0) is 0 Å². The third kappa shape index (κ3) is 3.03. The largest absolute Gasteiger partial charge is 0.394 e. The molecular weight excluding hydrogens is 271 g/mol. The van der Waals surface area contributed by atoms with Gasteiger partial charge in [-0.3, -0.25) is 0 Å². The van der Waals surface area contributed by atoms with Gasteiger partial charge in [0.1, 0.15) is 0 Å². The zero-order chi connectivity index (χ0) is 13.1. The number of benzene rings is 1. The van der Waals surface area contributed by atoms with Gasteiger partial charge in [0.05, 0.1) is 17.9 Å². The summed E-state index contributed by atoms with van der Waals surface area (Å²) >= 11 is 11.7. The first kappa shape index (κ1) is 12.9. The Hall–Kier alpha value is -1.52. The molecule has 3 N–H and O–H groups in total. The van der Waals surface area contributed by atoms with E-state index in [1.165, 1.54) is 6.20 Å². The first-order valence-corrected chi connectivity index (χ1v) is 6.12. The highest BCUT2D eigenvalue weighted by Crippen LogP contribution is 2.24. The molecule has 1 heterocycles. The molecule has 94 valence electrons. The summed E-state index contributed by atoms with van der Waals surface area (Å²) in [5.74, 6) is 0.516. The van der Waals surface area contributed by atoms with Crippen molar-refractivity contribution in [1.82, 2.24) is 9.97 Å². The lowest BCUT2D eigenvalue weighted by molar-refractivity contribution is 0.873. The monoisotopic (exact) mass is 282 g/mol. The Labute approximate surface area is 115 Å². The molecular formula is C12H12Cl2N4. The molecule has 0 bridgehead atoms. The van der Waals surface area contributed by atoms with Crippen LogP contribution in [0.1, 0.15) is 18.5 Å². The summed E-state index contributed by atoms with van der Waals surface area (Å²) in [6, 6.07) is 7.60. The molecule has 1 aromatic heterocycles. The van der Waals surface area contributed by atoms with E-state index in [1.807, 2.05) is 31.2 Å². The van der Waals surface area contributed by atoms with Gasteiger partial charge in [-0.05, 0) is 36.2 Å². The predicted molar refractivity (Wildman–Crippen MR) is 74.9 cm³/mol. The molecule has 2 rings (SSSR count). The Morgan fingerprint density at radius 1 is 1.33 bits per heavy atom. The van der Waals surface area contributed by atoms with Crippen LogP contribution in [-0.4, -0.2) is 9.97 Å². The van der Waals surface area contributed by atoms with Crippen LogP contribution < -0.4 is 11.1 Å². The number of aromatic nitrogens is 2. The van der Waals surface area contributed by atoms with Crippen molar-refractivity contribution in [3.05, 3.63) is 46.3 Å². The lowest BCUT2D eigenvalue weighted by Crippen LogP contribution is -2.10. The fraction of sp³-hybridized carbons (Fsp3) is 0.167. The van der Waals surface area contributed by atoms with E-state index in [9.17, 15) is 0 Å². The van der Waals surface area contributed by atoms with Crippen molar-refractivity contribution in [1.29, 1.82) is 0 Å². The van der Waals surface area contributed by atoms with Crippen LogP contribution in [0, 0.1) is 0 Å². The highest BCUT2D eigenvalue weighted by Gasteiger charge is 2.09. The molecule has 0 amide bonds. The summed E-state index contributed by atoms with van der Waals surface area (Å²) < 4.78 is 0. The van der Waals surface area contributed by atoms with Crippen LogP contribution in [0.2, 0.25) is 10.3 Å². The molecule has 0 fully saturated rings. The quantitative estimate of drug-likeness (QED) is 0.846. The minimum absolute atomic E-state index is 0.0111. The number of nitrogens with two attached hydrogens (primary N) is 1. The molecule has 1 aromatic carbocycles. The van der Waals surface area contributed by atoms with Crippen LogP contribution in [0.5, 0.6) is 0 Å². The van der Waals surface area contributed by atoms with Gasteiger partial charge in [0.15, 0.2) is 5.82 Å². The average molecular weight is 283 g/mol. The smallest absolute Gasteiger partial charge is 0.224 e. The Morgan fingerprint density at radius 2 is 2.11 bits per heavy atom. The fourth-order valence-corrected chi connectivity index (χ4v) is 1.88. The fourth-order valence-electron chi connectivity index (χ4n) is 1.55. The molecule has 0 aliphatic heterocycles. The van der Waals surface area contributed by atoms with Crippen LogP contribution in [0.3, 0.4) is 0 Å². The molecule has 0 saturated heterocycles. The number of halogens is 2. The minimum atomic E-state index is 0.0111. The minimum Gasteiger partial charge on any atom is -0.394 e. The number of nitrogens with one attached hydrogen (secondary N) is 1. The van der Waals surface area contributed by atoms with Crippen LogP contribution in [0.25, 0.3) is 0 Å². The summed E-state index contributed by atoms with van der Waals surface area (Å²) in [7, 11) is 0. The number of anilines is 2. The molecule has 0 saturated carbocycles. The van der Waals surface area contributed by atoms with E-state index in [0.717, 1.165) is 5.56 Å². The van der Waals surface area contributed by atoms with E-state index in [-0.39, 0.29) is 11.3 Å².